The molecule has 0 aromatic heterocycles. The van der Waals surface area contributed by atoms with Crippen LogP contribution in [0.5, 0.6) is 23.0 Å². The Labute approximate surface area is 348 Å². The van der Waals surface area contributed by atoms with Crippen LogP contribution >= 0.6 is 15.8 Å². The highest BCUT2D eigenvalue weighted by molar-refractivity contribution is 7.80. The Morgan fingerprint density at radius 3 is 0.898 bits per heavy atom. The van der Waals surface area contributed by atoms with Gasteiger partial charge in [-0.1, -0.05) is 133 Å². The van der Waals surface area contributed by atoms with E-state index in [1.54, 1.807) is 28.4 Å². The van der Waals surface area contributed by atoms with Crippen LogP contribution < -0.4 is 50.8 Å². The fourth-order valence-electron chi connectivity index (χ4n) is 9.37. The third-order valence-corrected chi connectivity index (χ3v) is 16.8. The highest BCUT2D eigenvalue weighted by Gasteiger charge is 2.55. The van der Waals surface area contributed by atoms with Crippen LogP contribution in [-0.4, -0.2) is 28.4 Å². The van der Waals surface area contributed by atoms with Gasteiger partial charge in [0, 0.05) is 0 Å². The molecule has 0 unspecified atom stereocenters. The summed E-state index contributed by atoms with van der Waals surface area (Å²) in [5, 5.41) is 7.68. The number of fused-ring (bicyclic) bond motifs is 10. The molecule has 0 atom stereocenters. The van der Waals surface area contributed by atoms with Crippen molar-refractivity contribution in [2.45, 2.75) is 5.41 Å². The number of benzene rings is 8. The molecule has 59 heavy (non-hydrogen) atoms. The van der Waals surface area contributed by atoms with Gasteiger partial charge in [0.25, 0.3) is 0 Å². The average Bonchev–Trinajstić information content (AvgIpc) is 3.78. The van der Waals surface area contributed by atoms with Gasteiger partial charge in [-0.25, -0.2) is 0 Å². The summed E-state index contributed by atoms with van der Waals surface area (Å²) in [5.41, 5.74) is 9.86. The molecule has 6 heteroatoms. The first-order valence-corrected chi connectivity index (χ1v) is 22.4. The molecule has 4 nitrogen and oxygen atoms in total. The molecule has 0 saturated heterocycles. The van der Waals surface area contributed by atoms with Crippen molar-refractivity contribution in [3.8, 4) is 45.3 Å². The van der Waals surface area contributed by atoms with Gasteiger partial charge in [0.05, 0.1) is 33.9 Å². The summed E-state index contributed by atoms with van der Waals surface area (Å²) < 4.78 is 22.7. The molecule has 2 aliphatic rings. The van der Waals surface area contributed by atoms with Crippen LogP contribution in [0.15, 0.2) is 182 Å². The second-order valence-corrected chi connectivity index (χ2v) is 19.1. The largest absolute Gasteiger partial charge is 0.497 e. The molecule has 8 aromatic rings. The van der Waals surface area contributed by atoms with Crippen molar-refractivity contribution < 1.29 is 18.9 Å². The second-order valence-electron chi connectivity index (χ2n) is 14.7. The summed E-state index contributed by atoms with van der Waals surface area (Å²) in [6.45, 7) is 0. The van der Waals surface area contributed by atoms with Gasteiger partial charge in [0.15, 0.2) is 0 Å². The van der Waals surface area contributed by atoms with E-state index in [1.165, 1.54) is 76.3 Å². The van der Waals surface area contributed by atoms with Crippen molar-refractivity contribution in [1.29, 1.82) is 0 Å². The predicted molar refractivity (Wildman–Crippen MR) is 246 cm³/mol. The average molecular weight is 805 g/mol. The van der Waals surface area contributed by atoms with Gasteiger partial charge in [0.2, 0.25) is 0 Å². The van der Waals surface area contributed by atoms with E-state index in [0.29, 0.717) is 0 Å². The lowest BCUT2D eigenvalue weighted by molar-refractivity contribution is 0.415. The van der Waals surface area contributed by atoms with Crippen LogP contribution in [0.25, 0.3) is 22.3 Å². The van der Waals surface area contributed by atoms with Crippen LogP contribution in [0.2, 0.25) is 0 Å². The highest BCUT2D eigenvalue weighted by Crippen LogP contribution is 2.64. The lowest BCUT2D eigenvalue weighted by Crippen LogP contribution is -2.38. The maximum atomic E-state index is 5.67. The van der Waals surface area contributed by atoms with Crippen LogP contribution in [0.3, 0.4) is 0 Å². The van der Waals surface area contributed by atoms with Gasteiger partial charge in [-0.3, -0.25) is 0 Å². The Morgan fingerprint density at radius 2 is 0.593 bits per heavy atom. The van der Waals surface area contributed by atoms with Crippen molar-refractivity contribution in [1.82, 2.24) is 0 Å². The van der Waals surface area contributed by atoms with Crippen molar-refractivity contribution in [2.75, 3.05) is 28.4 Å². The van der Waals surface area contributed by atoms with Gasteiger partial charge in [0.1, 0.15) is 23.0 Å². The zero-order valence-electron chi connectivity index (χ0n) is 33.3. The molecule has 10 rings (SSSR count). The zero-order valence-corrected chi connectivity index (χ0v) is 35.1. The van der Waals surface area contributed by atoms with E-state index in [1.807, 2.05) is 0 Å². The molecule has 0 radical (unpaired) electrons. The van der Waals surface area contributed by atoms with Crippen LogP contribution in [0, 0.1) is 0 Å². The Bertz CT molecular complexity index is 2520. The van der Waals surface area contributed by atoms with E-state index < -0.39 is 21.3 Å². The summed E-state index contributed by atoms with van der Waals surface area (Å²) >= 11 is 0. The molecule has 0 bridgehead atoms. The molecular formula is C53H42O4P2. The van der Waals surface area contributed by atoms with Crippen molar-refractivity contribution in [3.63, 3.8) is 0 Å². The number of methoxy groups -OCH3 is 4. The van der Waals surface area contributed by atoms with E-state index in [4.69, 9.17) is 18.9 Å². The molecule has 0 heterocycles. The molecule has 0 aliphatic heterocycles. The van der Waals surface area contributed by atoms with E-state index in [-0.39, 0.29) is 0 Å². The molecule has 288 valence electrons. The minimum absolute atomic E-state index is 0.607. The van der Waals surface area contributed by atoms with Gasteiger partial charge < -0.3 is 18.9 Å². The Hall–Kier alpha value is -6.18. The maximum absolute atomic E-state index is 5.67. The first-order chi connectivity index (χ1) is 29.1. The predicted octanol–water partition coefficient (Wildman–Crippen LogP) is 9.58. The molecule has 0 N–H and O–H groups in total. The summed E-state index contributed by atoms with van der Waals surface area (Å²) in [5.74, 6) is 3.37. The number of hydrogen-bond acceptors (Lipinski definition) is 4. The van der Waals surface area contributed by atoms with E-state index in [2.05, 4.69) is 182 Å². The number of ether oxygens (including phenoxy) is 4. The Morgan fingerprint density at radius 1 is 0.305 bits per heavy atom. The van der Waals surface area contributed by atoms with Gasteiger partial charge in [-0.15, -0.1) is 0 Å². The van der Waals surface area contributed by atoms with Crippen molar-refractivity contribution in [3.05, 3.63) is 204 Å². The molecule has 8 aromatic carbocycles. The summed E-state index contributed by atoms with van der Waals surface area (Å²) in [6, 6.07) is 67.0. The number of rotatable bonds is 10. The van der Waals surface area contributed by atoms with Gasteiger partial charge >= 0.3 is 0 Å². The van der Waals surface area contributed by atoms with E-state index in [9.17, 15) is 0 Å². The third kappa shape index (κ3) is 5.89. The minimum Gasteiger partial charge on any atom is -0.497 e. The molecule has 0 saturated carbocycles. The third-order valence-electron chi connectivity index (χ3n) is 11.9. The Kier molecular flexibility index (Phi) is 9.56. The van der Waals surface area contributed by atoms with Crippen molar-refractivity contribution in [2.24, 2.45) is 0 Å². The topological polar surface area (TPSA) is 36.9 Å². The first-order valence-electron chi connectivity index (χ1n) is 19.7. The van der Waals surface area contributed by atoms with Crippen LogP contribution in [-0.2, 0) is 5.41 Å². The maximum Gasteiger partial charge on any atom is 0.118 e. The lowest BCUT2D eigenvalue weighted by atomic mass is 9.70. The summed E-state index contributed by atoms with van der Waals surface area (Å²) in [6.07, 6.45) is 0. The van der Waals surface area contributed by atoms with Crippen LogP contribution in [0.4, 0.5) is 0 Å². The summed E-state index contributed by atoms with van der Waals surface area (Å²) in [4.78, 5) is 0. The van der Waals surface area contributed by atoms with Gasteiger partial charge in [-0.2, -0.15) is 0 Å². The number of hydrogen-bond donors (Lipinski definition) is 0. The molecule has 0 amide bonds. The molecular weight excluding hydrogens is 763 g/mol. The zero-order chi connectivity index (χ0) is 40.1. The SMILES string of the molecule is COc1ccc(P(c2ccc(OC)cc2)c2cccc3c2C2(c4ccccc4-3)c3ccccc3-c3cccc(P(c4ccc(OC)cc4)c4ccc(OC)cc4)c32)cc1. The van der Waals surface area contributed by atoms with E-state index >= 15 is 0 Å². The Balaban J connectivity index is 1.32. The normalized spacial score (nSPS) is 12.8. The first kappa shape index (κ1) is 37.1. The monoisotopic (exact) mass is 804 g/mol. The van der Waals surface area contributed by atoms with E-state index in [0.717, 1.165) is 23.0 Å². The quantitative estimate of drug-likeness (QED) is 0.129. The fraction of sp³-hybridized carbons (Fsp3) is 0.0943. The van der Waals surface area contributed by atoms with Gasteiger partial charge in [-0.05, 0) is 141 Å². The second kappa shape index (κ2) is 15.2. The highest BCUT2D eigenvalue weighted by atomic mass is 31.1. The standard InChI is InChI=1S/C53H42O4P2/c1-54-35-19-27-39(28-20-35)58(40-29-21-36(55-2)22-30-40)49-17-9-13-45-43-11-5-7-15-47(43)53(51(45)49)48-16-8-6-12-44(48)46-14-10-18-50(52(46)53)59(41-31-23-37(56-3)24-32-41)42-33-25-38(57-4)26-34-42/h5-34H,1-4H3. The van der Waals surface area contributed by atoms with Crippen LogP contribution in [0.1, 0.15) is 22.3 Å². The smallest absolute Gasteiger partial charge is 0.118 e. The molecule has 0 fully saturated rings. The molecule has 1 spiro atoms. The molecule has 2 aliphatic carbocycles. The fourth-order valence-corrected chi connectivity index (χ4v) is 14.4. The lowest BCUT2D eigenvalue weighted by Gasteiger charge is -2.36. The van der Waals surface area contributed by atoms with Crippen molar-refractivity contribution >= 4 is 47.7 Å². The summed E-state index contributed by atoms with van der Waals surface area (Å²) in [7, 11) is 4.78. The minimum atomic E-state index is -1.06.